The van der Waals surface area contributed by atoms with Crippen LogP contribution in [-0.4, -0.2) is 5.88 Å². The van der Waals surface area contributed by atoms with Gasteiger partial charge in [0.15, 0.2) is 0 Å². The Morgan fingerprint density at radius 1 is 1.07 bits per heavy atom. The van der Waals surface area contributed by atoms with Crippen LogP contribution >= 0.6 is 11.6 Å². The van der Waals surface area contributed by atoms with Crippen molar-refractivity contribution in [3.63, 3.8) is 0 Å². The molecule has 2 aromatic carbocycles. The Labute approximate surface area is 89.5 Å². The van der Waals surface area contributed by atoms with Crippen molar-refractivity contribution in [1.29, 1.82) is 0 Å². The summed E-state index contributed by atoms with van der Waals surface area (Å²) in [4.78, 5) is 0. The van der Waals surface area contributed by atoms with Gasteiger partial charge >= 0.3 is 0 Å². The minimum atomic E-state index is 0.419. The zero-order chi connectivity index (χ0) is 9.97. The van der Waals surface area contributed by atoms with Crippen molar-refractivity contribution in [3.8, 4) is 0 Å². The number of rotatable bonds is 2. The van der Waals surface area contributed by atoms with Gasteiger partial charge in [-0.1, -0.05) is 49.4 Å². The van der Waals surface area contributed by atoms with E-state index >= 15 is 0 Å². The minimum Gasteiger partial charge on any atom is -0.126 e. The van der Waals surface area contributed by atoms with E-state index in [1.54, 1.807) is 0 Å². The van der Waals surface area contributed by atoms with E-state index in [-0.39, 0.29) is 0 Å². The third-order valence-electron chi connectivity index (χ3n) is 2.59. The molecule has 1 atom stereocenters. The third-order valence-corrected chi connectivity index (χ3v) is 3.05. The second-order valence-electron chi connectivity index (χ2n) is 3.62. The van der Waals surface area contributed by atoms with Gasteiger partial charge in [0.1, 0.15) is 0 Å². The zero-order valence-corrected chi connectivity index (χ0v) is 8.96. The molecule has 0 nitrogen and oxygen atoms in total. The van der Waals surface area contributed by atoms with Crippen molar-refractivity contribution in [3.05, 3.63) is 48.0 Å². The van der Waals surface area contributed by atoms with Gasteiger partial charge in [0.05, 0.1) is 0 Å². The molecular formula is C13H13Cl. The highest BCUT2D eigenvalue weighted by Gasteiger charge is 2.06. The molecule has 1 heteroatoms. The molecule has 0 bridgehead atoms. The molecule has 1 unspecified atom stereocenters. The summed E-state index contributed by atoms with van der Waals surface area (Å²) >= 11 is 5.89. The van der Waals surface area contributed by atoms with Crippen molar-refractivity contribution in [2.24, 2.45) is 0 Å². The lowest BCUT2D eigenvalue weighted by molar-refractivity contribution is 0.885. The predicted octanol–water partition coefficient (Wildman–Crippen LogP) is 4.18. The predicted molar refractivity (Wildman–Crippen MR) is 63.1 cm³/mol. The van der Waals surface area contributed by atoms with Crippen LogP contribution in [0.1, 0.15) is 18.4 Å². The fourth-order valence-corrected chi connectivity index (χ4v) is 1.93. The first-order chi connectivity index (χ1) is 6.83. The standard InChI is InChI=1S/C13H13Cl/c1-10(9-14)12-8-4-6-11-5-2-3-7-13(11)12/h2-8,10H,9H2,1H3. The molecule has 0 saturated heterocycles. The monoisotopic (exact) mass is 204 g/mol. The average molecular weight is 205 g/mol. The summed E-state index contributed by atoms with van der Waals surface area (Å²) in [5, 5.41) is 2.62. The molecule has 0 N–H and O–H groups in total. The fourth-order valence-electron chi connectivity index (χ4n) is 1.76. The lowest BCUT2D eigenvalue weighted by Crippen LogP contribution is -1.95. The highest BCUT2D eigenvalue weighted by atomic mass is 35.5. The normalized spacial score (nSPS) is 13.0. The van der Waals surface area contributed by atoms with E-state index < -0.39 is 0 Å². The van der Waals surface area contributed by atoms with Crippen molar-refractivity contribution in [2.75, 3.05) is 5.88 Å². The first-order valence-electron chi connectivity index (χ1n) is 4.86. The smallest absolute Gasteiger partial charge is 0.0289 e. The number of fused-ring (bicyclic) bond motifs is 1. The van der Waals surface area contributed by atoms with Gasteiger partial charge in [0.2, 0.25) is 0 Å². The van der Waals surface area contributed by atoms with E-state index in [1.807, 2.05) is 0 Å². The van der Waals surface area contributed by atoms with Crippen molar-refractivity contribution >= 4 is 22.4 Å². The van der Waals surface area contributed by atoms with E-state index in [1.165, 1.54) is 16.3 Å². The maximum Gasteiger partial charge on any atom is 0.0289 e. The quantitative estimate of drug-likeness (QED) is 0.644. The van der Waals surface area contributed by atoms with Crippen molar-refractivity contribution in [1.82, 2.24) is 0 Å². The van der Waals surface area contributed by atoms with E-state index in [2.05, 4.69) is 49.4 Å². The molecule has 2 rings (SSSR count). The maximum absolute atomic E-state index is 5.89. The molecule has 14 heavy (non-hydrogen) atoms. The number of alkyl halides is 1. The average Bonchev–Trinajstić information content (AvgIpc) is 2.27. The number of benzene rings is 2. The Bertz CT molecular complexity index is 429. The molecule has 0 spiro atoms. The lowest BCUT2D eigenvalue weighted by Gasteiger charge is -2.11. The topological polar surface area (TPSA) is 0 Å². The molecule has 0 saturated carbocycles. The first kappa shape index (κ1) is 9.54. The minimum absolute atomic E-state index is 0.419. The Morgan fingerprint density at radius 2 is 1.79 bits per heavy atom. The van der Waals surface area contributed by atoms with E-state index in [4.69, 9.17) is 11.6 Å². The van der Waals surface area contributed by atoms with Gasteiger partial charge in [-0.2, -0.15) is 0 Å². The molecule has 72 valence electrons. The van der Waals surface area contributed by atoms with Gasteiger partial charge in [-0.05, 0) is 22.3 Å². The van der Waals surface area contributed by atoms with Crippen LogP contribution in [0.25, 0.3) is 10.8 Å². The summed E-state index contributed by atoms with van der Waals surface area (Å²) in [6, 6.07) is 14.8. The summed E-state index contributed by atoms with van der Waals surface area (Å²) in [5.74, 6) is 1.09. The van der Waals surface area contributed by atoms with Crippen LogP contribution in [-0.2, 0) is 0 Å². The van der Waals surface area contributed by atoms with E-state index in [9.17, 15) is 0 Å². The Hall–Kier alpha value is -1.01. The highest BCUT2D eigenvalue weighted by molar-refractivity contribution is 6.18. The van der Waals surface area contributed by atoms with Crippen LogP contribution < -0.4 is 0 Å². The second-order valence-corrected chi connectivity index (χ2v) is 3.93. The molecule has 0 radical (unpaired) electrons. The second kappa shape index (κ2) is 4.02. The van der Waals surface area contributed by atoms with Crippen molar-refractivity contribution in [2.45, 2.75) is 12.8 Å². The van der Waals surface area contributed by atoms with Gasteiger partial charge in [-0.3, -0.25) is 0 Å². The summed E-state index contributed by atoms with van der Waals surface area (Å²) in [5.41, 5.74) is 1.35. The van der Waals surface area contributed by atoms with Crippen LogP contribution in [0.3, 0.4) is 0 Å². The van der Waals surface area contributed by atoms with Crippen LogP contribution in [0.4, 0.5) is 0 Å². The lowest BCUT2D eigenvalue weighted by atomic mass is 9.96. The Morgan fingerprint density at radius 3 is 2.57 bits per heavy atom. The summed E-state index contributed by atoms with van der Waals surface area (Å²) in [6.45, 7) is 2.16. The Balaban J connectivity index is 2.65. The molecule has 0 aliphatic rings. The van der Waals surface area contributed by atoms with E-state index in [0.29, 0.717) is 11.8 Å². The van der Waals surface area contributed by atoms with Gasteiger partial charge in [0, 0.05) is 5.88 Å². The first-order valence-corrected chi connectivity index (χ1v) is 5.40. The number of hydrogen-bond donors (Lipinski definition) is 0. The highest BCUT2D eigenvalue weighted by Crippen LogP contribution is 2.25. The molecule has 0 amide bonds. The molecule has 0 aromatic heterocycles. The van der Waals surface area contributed by atoms with Crippen LogP contribution in [0.15, 0.2) is 42.5 Å². The zero-order valence-electron chi connectivity index (χ0n) is 8.20. The summed E-state index contributed by atoms with van der Waals surface area (Å²) < 4.78 is 0. The number of hydrogen-bond acceptors (Lipinski definition) is 0. The SMILES string of the molecule is CC(CCl)c1cccc2ccccc12. The Kier molecular flexibility index (Phi) is 2.74. The largest absolute Gasteiger partial charge is 0.126 e. The molecule has 0 heterocycles. The van der Waals surface area contributed by atoms with Crippen LogP contribution in [0, 0.1) is 0 Å². The summed E-state index contributed by atoms with van der Waals surface area (Å²) in [7, 11) is 0. The van der Waals surface area contributed by atoms with Gasteiger partial charge in [-0.25, -0.2) is 0 Å². The summed E-state index contributed by atoms with van der Waals surface area (Å²) in [6.07, 6.45) is 0. The molecular weight excluding hydrogens is 192 g/mol. The van der Waals surface area contributed by atoms with Crippen LogP contribution in [0.2, 0.25) is 0 Å². The molecule has 2 aromatic rings. The van der Waals surface area contributed by atoms with Crippen molar-refractivity contribution < 1.29 is 0 Å². The van der Waals surface area contributed by atoms with Gasteiger partial charge in [0.25, 0.3) is 0 Å². The molecule has 0 aliphatic carbocycles. The van der Waals surface area contributed by atoms with Crippen LogP contribution in [0.5, 0.6) is 0 Å². The number of halogens is 1. The van der Waals surface area contributed by atoms with E-state index in [0.717, 1.165) is 0 Å². The molecule has 0 fully saturated rings. The third kappa shape index (κ3) is 1.62. The maximum atomic E-state index is 5.89. The molecule has 0 aliphatic heterocycles. The fraction of sp³-hybridized carbons (Fsp3) is 0.231. The van der Waals surface area contributed by atoms with Gasteiger partial charge < -0.3 is 0 Å². The van der Waals surface area contributed by atoms with Gasteiger partial charge in [-0.15, -0.1) is 11.6 Å².